The van der Waals surface area contributed by atoms with Gasteiger partial charge in [0.05, 0.1) is 30.0 Å². The van der Waals surface area contributed by atoms with Gasteiger partial charge in [-0.05, 0) is 39.5 Å². The van der Waals surface area contributed by atoms with Crippen LogP contribution in [-0.4, -0.2) is 26.0 Å². The van der Waals surface area contributed by atoms with Crippen molar-refractivity contribution in [2.24, 2.45) is 0 Å². The second kappa shape index (κ2) is 8.84. The van der Waals surface area contributed by atoms with Crippen molar-refractivity contribution in [3.8, 4) is 11.5 Å². The highest BCUT2D eigenvalue weighted by molar-refractivity contribution is 9.10. The molecule has 0 saturated heterocycles. The summed E-state index contributed by atoms with van der Waals surface area (Å²) in [4.78, 5) is 24.4. The van der Waals surface area contributed by atoms with Gasteiger partial charge < -0.3 is 14.2 Å². The van der Waals surface area contributed by atoms with E-state index in [1.54, 1.807) is 32.4 Å². The van der Waals surface area contributed by atoms with E-state index >= 15 is 0 Å². The Labute approximate surface area is 152 Å². The summed E-state index contributed by atoms with van der Waals surface area (Å²) in [5.41, 5.74) is 0.690. The van der Waals surface area contributed by atoms with Crippen LogP contribution in [0.3, 0.4) is 0 Å². The largest absolute Gasteiger partial charge is 0.496 e. The molecule has 1 heterocycles. The Hall–Kier alpha value is -1.86. The zero-order chi connectivity index (χ0) is 17.5. The van der Waals surface area contributed by atoms with Gasteiger partial charge in [0.1, 0.15) is 18.1 Å². The lowest BCUT2D eigenvalue weighted by Crippen LogP contribution is -2.08. The van der Waals surface area contributed by atoms with Crippen LogP contribution in [0.1, 0.15) is 28.1 Å². The Morgan fingerprint density at radius 3 is 2.50 bits per heavy atom. The third-order valence-corrected chi connectivity index (χ3v) is 4.83. The fraction of sp³-hybridized carbons (Fsp3) is 0.294. The smallest absolute Gasteiger partial charge is 0.306 e. The molecule has 0 radical (unpaired) electrons. The first-order valence-electron chi connectivity index (χ1n) is 7.18. The lowest BCUT2D eigenvalue weighted by Gasteiger charge is -2.12. The van der Waals surface area contributed by atoms with Gasteiger partial charge in [0.2, 0.25) is 0 Å². The van der Waals surface area contributed by atoms with Crippen LogP contribution in [-0.2, 0) is 16.1 Å². The fourth-order valence-corrected chi connectivity index (χ4v) is 3.22. The van der Waals surface area contributed by atoms with Crippen molar-refractivity contribution in [2.45, 2.75) is 19.4 Å². The van der Waals surface area contributed by atoms with Gasteiger partial charge in [-0.1, -0.05) is 6.07 Å². The molecule has 0 aliphatic rings. The van der Waals surface area contributed by atoms with E-state index in [0.717, 1.165) is 4.47 Å². The molecule has 7 heteroatoms. The fourth-order valence-electron chi connectivity index (χ4n) is 2.04. The minimum Gasteiger partial charge on any atom is -0.496 e. The molecule has 0 fully saturated rings. The first kappa shape index (κ1) is 18.5. The molecule has 0 saturated carbocycles. The van der Waals surface area contributed by atoms with Crippen LogP contribution in [0.2, 0.25) is 0 Å². The normalized spacial score (nSPS) is 10.3. The van der Waals surface area contributed by atoms with Crippen molar-refractivity contribution < 1.29 is 23.8 Å². The summed E-state index contributed by atoms with van der Waals surface area (Å²) in [6.07, 6.45) is 0.187. The number of esters is 1. The summed E-state index contributed by atoms with van der Waals surface area (Å²) in [5, 5.41) is 1.83. The van der Waals surface area contributed by atoms with Gasteiger partial charge in [0, 0.05) is 12.0 Å². The van der Waals surface area contributed by atoms with Gasteiger partial charge >= 0.3 is 5.97 Å². The van der Waals surface area contributed by atoms with E-state index in [2.05, 4.69) is 15.9 Å². The molecule has 0 atom stereocenters. The van der Waals surface area contributed by atoms with Gasteiger partial charge in [-0.3, -0.25) is 9.59 Å². The van der Waals surface area contributed by atoms with Crippen molar-refractivity contribution in [3.63, 3.8) is 0 Å². The monoisotopic (exact) mass is 412 g/mol. The second-order valence-electron chi connectivity index (χ2n) is 4.86. The van der Waals surface area contributed by atoms with Crippen LogP contribution in [0.15, 0.2) is 34.1 Å². The minimum absolute atomic E-state index is 0.0483. The highest BCUT2D eigenvalue weighted by Crippen LogP contribution is 2.33. The SMILES string of the molecule is COc1cc(COC(=O)CCC(=O)c2cccs2)c(OC)cc1Br. The molecular formula is C17H17BrO5S. The molecule has 0 aliphatic carbocycles. The zero-order valence-electron chi connectivity index (χ0n) is 13.3. The number of halogens is 1. The number of Topliss-reactive ketones (excluding diaryl/α,β-unsaturated/α-hetero) is 1. The Balaban J connectivity index is 1.90. The molecule has 128 valence electrons. The van der Waals surface area contributed by atoms with Crippen molar-refractivity contribution in [3.05, 3.63) is 44.6 Å². The average molecular weight is 413 g/mol. The van der Waals surface area contributed by atoms with Gasteiger partial charge in [-0.15, -0.1) is 11.3 Å². The van der Waals surface area contributed by atoms with E-state index < -0.39 is 5.97 Å². The first-order valence-corrected chi connectivity index (χ1v) is 8.85. The molecule has 0 spiro atoms. The van der Waals surface area contributed by atoms with E-state index in [0.29, 0.717) is 21.9 Å². The number of hydrogen-bond donors (Lipinski definition) is 0. The second-order valence-corrected chi connectivity index (χ2v) is 6.66. The number of rotatable bonds is 8. The van der Waals surface area contributed by atoms with Crippen molar-refractivity contribution in [2.75, 3.05) is 14.2 Å². The number of carbonyl (C=O) groups is 2. The van der Waals surface area contributed by atoms with Crippen LogP contribution in [0.5, 0.6) is 11.5 Å². The lowest BCUT2D eigenvalue weighted by atomic mass is 10.2. The van der Waals surface area contributed by atoms with Crippen LogP contribution in [0.4, 0.5) is 0 Å². The molecule has 0 amide bonds. The molecule has 0 bridgehead atoms. The Morgan fingerprint density at radius 2 is 1.88 bits per heavy atom. The van der Waals surface area contributed by atoms with Gasteiger partial charge in [0.25, 0.3) is 0 Å². The standard InChI is InChI=1S/C17H17BrO5S/c1-21-14-9-12(18)15(22-2)8-11(14)10-23-17(20)6-5-13(19)16-4-3-7-24-16/h3-4,7-9H,5-6,10H2,1-2H3. The van der Waals surface area contributed by atoms with Crippen LogP contribution < -0.4 is 9.47 Å². The van der Waals surface area contributed by atoms with Gasteiger partial charge in [0.15, 0.2) is 5.78 Å². The summed E-state index contributed by atoms with van der Waals surface area (Å²) >= 11 is 4.74. The Kier molecular flexibility index (Phi) is 6.81. The molecular weight excluding hydrogens is 396 g/mol. The number of methoxy groups -OCH3 is 2. The van der Waals surface area contributed by atoms with E-state index in [4.69, 9.17) is 14.2 Å². The minimum atomic E-state index is -0.427. The van der Waals surface area contributed by atoms with E-state index in [1.165, 1.54) is 11.3 Å². The van der Waals surface area contributed by atoms with Gasteiger partial charge in [-0.2, -0.15) is 0 Å². The average Bonchev–Trinajstić information content (AvgIpc) is 3.12. The Morgan fingerprint density at radius 1 is 1.12 bits per heavy atom. The molecule has 0 aliphatic heterocycles. The highest BCUT2D eigenvalue weighted by Gasteiger charge is 2.14. The van der Waals surface area contributed by atoms with Crippen LogP contribution >= 0.6 is 27.3 Å². The number of ether oxygens (including phenoxy) is 3. The highest BCUT2D eigenvalue weighted by atomic mass is 79.9. The summed E-state index contributed by atoms with van der Waals surface area (Å²) in [5.74, 6) is 0.730. The summed E-state index contributed by atoms with van der Waals surface area (Å²) < 4.78 is 16.5. The molecule has 24 heavy (non-hydrogen) atoms. The van der Waals surface area contributed by atoms with E-state index in [1.807, 2.05) is 11.4 Å². The lowest BCUT2D eigenvalue weighted by molar-refractivity contribution is -0.144. The molecule has 2 aromatic rings. The quantitative estimate of drug-likeness (QED) is 0.479. The van der Waals surface area contributed by atoms with E-state index in [9.17, 15) is 9.59 Å². The third kappa shape index (κ3) is 4.82. The third-order valence-electron chi connectivity index (χ3n) is 3.30. The number of carbonyl (C=O) groups excluding carboxylic acids is 2. The molecule has 0 unspecified atom stereocenters. The Bertz CT molecular complexity index is 712. The maximum Gasteiger partial charge on any atom is 0.306 e. The predicted molar refractivity (Wildman–Crippen MR) is 94.9 cm³/mol. The predicted octanol–water partition coefficient (Wildman–Crippen LogP) is 4.23. The maximum atomic E-state index is 11.9. The number of benzene rings is 1. The van der Waals surface area contributed by atoms with E-state index in [-0.39, 0.29) is 25.2 Å². The number of ketones is 1. The maximum absolute atomic E-state index is 11.9. The number of thiophene rings is 1. The van der Waals surface area contributed by atoms with Gasteiger partial charge in [-0.25, -0.2) is 0 Å². The van der Waals surface area contributed by atoms with Crippen molar-refractivity contribution >= 4 is 39.0 Å². The molecule has 0 N–H and O–H groups in total. The molecule has 5 nitrogen and oxygen atoms in total. The summed E-state index contributed by atoms with van der Waals surface area (Å²) in [7, 11) is 3.10. The summed E-state index contributed by atoms with van der Waals surface area (Å²) in [6.45, 7) is 0.0544. The summed E-state index contributed by atoms with van der Waals surface area (Å²) in [6, 6.07) is 7.05. The molecule has 2 rings (SSSR count). The van der Waals surface area contributed by atoms with Crippen molar-refractivity contribution in [1.82, 2.24) is 0 Å². The topological polar surface area (TPSA) is 61.8 Å². The number of hydrogen-bond acceptors (Lipinski definition) is 6. The van der Waals surface area contributed by atoms with Crippen molar-refractivity contribution in [1.29, 1.82) is 0 Å². The van der Waals surface area contributed by atoms with Crippen LogP contribution in [0.25, 0.3) is 0 Å². The first-order chi connectivity index (χ1) is 11.5. The van der Waals surface area contributed by atoms with Crippen LogP contribution in [0, 0.1) is 0 Å². The molecule has 1 aromatic heterocycles. The molecule has 1 aromatic carbocycles. The zero-order valence-corrected chi connectivity index (χ0v) is 15.7.